The second-order valence-corrected chi connectivity index (χ2v) is 5.13. The van der Waals surface area contributed by atoms with E-state index < -0.39 is 5.60 Å². The molecule has 1 saturated heterocycles. The minimum absolute atomic E-state index is 0.503. The summed E-state index contributed by atoms with van der Waals surface area (Å²) in [5.41, 5.74) is -0.503. The molecule has 0 amide bonds. The molecule has 1 atom stereocenters. The zero-order valence-corrected chi connectivity index (χ0v) is 9.57. The van der Waals surface area contributed by atoms with E-state index in [1.807, 2.05) is 13.2 Å². The third-order valence-electron chi connectivity index (χ3n) is 2.47. The Labute approximate surface area is 85.7 Å². The Morgan fingerprint density at radius 1 is 1.31 bits per heavy atom. The second kappa shape index (κ2) is 5.23. The molecule has 1 aliphatic rings. The number of aliphatic hydroxyl groups is 1. The van der Waals surface area contributed by atoms with E-state index in [1.165, 1.54) is 32.4 Å². The number of hydrogen-bond acceptors (Lipinski definition) is 3. The molecule has 13 heavy (non-hydrogen) atoms. The van der Waals surface area contributed by atoms with Crippen LogP contribution in [0.5, 0.6) is 0 Å². The molecule has 3 heteroatoms. The van der Waals surface area contributed by atoms with Crippen LogP contribution in [0, 0.1) is 0 Å². The Hall–Kier alpha value is 0.270. The molecule has 0 aromatic carbocycles. The van der Waals surface area contributed by atoms with Crippen LogP contribution < -0.4 is 0 Å². The fraction of sp³-hybridized carbons (Fsp3) is 1.00. The third-order valence-corrected chi connectivity index (χ3v) is 3.38. The lowest BCUT2D eigenvalue weighted by Gasteiger charge is -2.33. The van der Waals surface area contributed by atoms with Gasteiger partial charge in [-0.05, 0) is 39.1 Å². The lowest BCUT2D eigenvalue weighted by Crippen LogP contribution is -2.44. The Balaban J connectivity index is 2.28. The summed E-state index contributed by atoms with van der Waals surface area (Å²) >= 11 is 1.72. The van der Waals surface area contributed by atoms with Crippen molar-refractivity contribution in [1.29, 1.82) is 0 Å². The highest BCUT2D eigenvalue weighted by Crippen LogP contribution is 2.16. The van der Waals surface area contributed by atoms with Crippen LogP contribution in [0.15, 0.2) is 0 Å². The highest BCUT2D eigenvalue weighted by atomic mass is 32.2. The molecule has 1 aliphatic heterocycles. The summed E-state index contributed by atoms with van der Waals surface area (Å²) in [5.74, 6) is 0.837. The summed E-state index contributed by atoms with van der Waals surface area (Å²) in [6.07, 6.45) is 6.01. The first kappa shape index (κ1) is 11.3. The minimum Gasteiger partial charge on any atom is -0.388 e. The second-order valence-electron chi connectivity index (χ2n) is 4.27. The van der Waals surface area contributed by atoms with Crippen molar-refractivity contribution in [2.24, 2.45) is 0 Å². The maximum atomic E-state index is 10.0. The molecule has 0 spiro atoms. The van der Waals surface area contributed by atoms with Crippen molar-refractivity contribution in [3.05, 3.63) is 0 Å². The molecule has 2 nitrogen and oxygen atoms in total. The molecule has 0 radical (unpaired) electrons. The molecular formula is C10H21NOS. The van der Waals surface area contributed by atoms with Crippen molar-refractivity contribution in [3.63, 3.8) is 0 Å². The van der Waals surface area contributed by atoms with Crippen molar-refractivity contribution < 1.29 is 5.11 Å². The summed E-state index contributed by atoms with van der Waals surface area (Å²) in [7, 11) is 0. The van der Waals surface area contributed by atoms with Gasteiger partial charge in [-0.2, -0.15) is 11.8 Å². The van der Waals surface area contributed by atoms with E-state index in [0.717, 1.165) is 12.3 Å². The first-order chi connectivity index (χ1) is 6.14. The van der Waals surface area contributed by atoms with Gasteiger partial charge in [-0.3, -0.25) is 0 Å². The normalized spacial score (nSPS) is 24.2. The lowest BCUT2D eigenvalue weighted by atomic mass is 10.1. The number of rotatable bonds is 4. The van der Waals surface area contributed by atoms with Crippen molar-refractivity contribution >= 4 is 11.8 Å². The average Bonchev–Trinajstić information content (AvgIpc) is 2.04. The van der Waals surface area contributed by atoms with Gasteiger partial charge in [0.2, 0.25) is 0 Å². The van der Waals surface area contributed by atoms with Gasteiger partial charge in [0, 0.05) is 12.3 Å². The Bertz CT molecular complexity index is 144. The molecular weight excluding hydrogens is 182 g/mol. The van der Waals surface area contributed by atoms with Crippen LogP contribution in [0.1, 0.15) is 26.2 Å². The monoisotopic (exact) mass is 203 g/mol. The third kappa shape index (κ3) is 4.34. The van der Waals surface area contributed by atoms with Gasteiger partial charge in [0.1, 0.15) is 0 Å². The summed E-state index contributed by atoms with van der Waals surface area (Å²) in [4.78, 5) is 2.39. The highest BCUT2D eigenvalue weighted by Gasteiger charge is 2.24. The quantitative estimate of drug-likeness (QED) is 0.750. The van der Waals surface area contributed by atoms with Crippen molar-refractivity contribution in [1.82, 2.24) is 4.90 Å². The van der Waals surface area contributed by atoms with Crippen LogP contribution in [-0.2, 0) is 0 Å². The molecule has 1 fully saturated rings. The maximum Gasteiger partial charge on any atom is 0.0835 e. The van der Waals surface area contributed by atoms with Gasteiger partial charge in [-0.15, -0.1) is 0 Å². The predicted molar refractivity (Wildman–Crippen MR) is 59.3 cm³/mol. The van der Waals surface area contributed by atoms with E-state index in [-0.39, 0.29) is 0 Å². The number of thioether (sulfide) groups is 1. The lowest BCUT2D eigenvalue weighted by molar-refractivity contribution is 0.0343. The smallest absolute Gasteiger partial charge is 0.0835 e. The largest absolute Gasteiger partial charge is 0.388 e. The summed E-state index contributed by atoms with van der Waals surface area (Å²) in [6.45, 7) is 5.13. The number of nitrogens with zero attached hydrogens (tertiary/aromatic N) is 1. The van der Waals surface area contributed by atoms with Crippen LogP contribution in [-0.4, -0.2) is 47.3 Å². The van der Waals surface area contributed by atoms with E-state index in [9.17, 15) is 5.11 Å². The van der Waals surface area contributed by atoms with Crippen LogP contribution in [0.2, 0.25) is 0 Å². The predicted octanol–water partition coefficient (Wildman–Crippen LogP) is 1.59. The Morgan fingerprint density at radius 2 is 1.92 bits per heavy atom. The maximum absolute atomic E-state index is 10.0. The average molecular weight is 203 g/mol. The SMILES string of the molecule is CSCC(C)(O)CN1CCCCC1. The van der Waals surface area contributed by atoms with Gasteiger partial charge < -0.3 is 10.0 Å². The first-order valence-electron chi connectivity index (χ1n) is 5.08. The van der Waals surface area contributed by atoms with Crippen LogP contribution in [0.4, 0.5) is 0 Å². The van der Waals surface area contributed by atoms with E-state index in [2.05, 4.69) is 4.90 Å². The number of β-amino-alcohol motifs (C(OH)–C–C–N with tert-alkyl or cyclic N) is 1. The van der Waals surface area contributed by atoms with Crippen LogP contribution in [0.25, 0.3) is 0 Å². The molecule has 78 valence electrons. The molecule has 0 aliphatic carbocycles. The Morgan fingerprint density at radius 3 is 2.46 bits per heavy atom. The van der Waals surface area contributed by atoms with Gasteiger partial charge >= 0.3 is 0 Å². The van der Waals surface area contributed by atoms with E-state index in [1.54, 1.807) is 11.8 Å². The van der Waals surface area contributed by atoms with Gasteiger partial charge in [0.05, 0.1) is 5.60 Å². The molecule has 0 bridgehead atoms. The molecule has 1 unspecified atom stereocenters. The summed E-state index contributed by atoms with van der Waals surface area (Å²) in [6, 6.07) is 0. The zero-order valence-electron chi connectivity index (χ0n) is 8.75. The standard InChI is InChI=1S/C10H21NOS/c1-10(12,9-13-2)8-11-6-4-3-5-7-11/h12H,3-9H2,1-2H3. The first-order valence-corrected chi connectivity index (χ1v) is 6.47. The fourth-order valence-corrected chi connectivity index (χ4v) is 2.67. The van der Waals surface area contributed by atoms with Crippen molar-refractivity contribution in [3.8, 4) is 0 Å². The number of piperidine rings is 1. The van der Waals surface area contributed by atoms with Gasteiger partial charge in [0.25, 0.3) is 0 Å². The van der Waals surface area contributed by atoms with Crippen LogP contribution >= 0.6 is 11.8 Å². The van der Waals surface area contributed by atoms with E-state index >= 15 is 0 Å². The highest BCUT2D eigenvalue weighted by molar-refractivity contribution is 7.98. The molecule has 0 aromatic heterocycles. The number of likely N-dealkylation sites (tertiary alicyclic amines) is 1. The summed E-state index contributed by atoms with van der Waals surface area (Å²) in [5, 5.41) is 10.0. The Kier molecular flexibility index (Phi) is 4.56. The molecule has 0 aromatic rings. The summed E-state index contributed by atoms with van der Waals surface area (Å²) < 4.78 is 0. The van der Waals surface area contributed by atoms with Crippen molar-refractivity contribution in [2.45, 2.75) is 31.8 Å². The molecule has 1 heterocycles. The molecule has 0 saturated carbocycles. The number of hydrogen-bond donors (Lipinski definition) is 1. The zero-order chi connectivity index (χ0) is 9.73. The van der Waals surface area contributed by atoms with Crippen molar-refractivity contribution in [2.75, 3.05) is 31.6 Å². The molecule has 1 N–H and O–H groups in total. The van der Waals surface area contributed by atoms with E-state index in [0.29, 0.717) is 0 Å². The van der Waals surface area contributed by atoms with Gasteiger partial charge in [0.15, 0.2) is 0 Å². The molecule has 1 rings (SSSR count). The van der Waals surface area contributed by atoms with Gasteiger partial charge in [-0.1, -0.05) is 6.42 Å². The topological polar surface area (TPSA) is 23.5 Å². The van der Waals surface area contributed by atoms with Gasteiger partial charge in [-0.25, -0.2) is 0 Å². The fourth-order valence-electron chi connectivity index (χ4n) is 1.96. The van der Waals surface area contributed by atoms with E-state index in [4.69, 9.17) is 0 Å². The minimum atomic E-state index is -0.503. The van der Waals surface area contributed by atoms with Crippen LogP contribution in [0.3, 0.4) is 0 Å².